The van der Waals surface area contributed by atoms with E-state index in [9.17, 15) is 18.9 Å². The molecule has 0 amide bonds. The highest BCUT2D eigenvalue weighted by atomic mass is 79.9. The molecule has 14 heavy (non-hydrogen) atoms. The Bertz CT molecular complexity index is 382. The van der Waals surface area contributed by atoms with Crippen LogP contribution in [0.2, 0.25) is 0 Å². The summed E-state index contributed by atoms with van der Waals surface area (Å²) in [5.41, 5.74) is -0.179. The van der Waals surface area contributed by atoms with Gasteiger partial charge in [0.2, 0.25) is 0 Å². The van der Waals surface area contributed by atoms with E-state index in [1.54, 1.807) is 0 Å². The van der Waals surface area contributed by atoms with Gasteiger partial charge in [0.1, 0.15) is 0 Å². The summed E-state index contributed by atoms with van der Waals surface area (Å²) in [6.07, 6.45) is -2.64. The average molecular weight is 266 g/mol. The van der Waals surface area contributed by atoms with E-state index in [2.05, 4.69) is 15.9 Å². The lowest BCUT2D eigenvalue weighted by atomic mass is 10.1. The molecule has 1 aromatic rings. The molecule has 0 heterocycles. The molecule has 0 radical (unpaired) electrons. The standard InChI is InChI=1S/C8H6BrF2NO2/c1-4-6(12(13)14)3-2-5(7(4)9)8(10)11/h2-3,8H,1H3. The van der Waals surface area contributed by atoms with E-state index in [1.807, 2.05) is 0 Å². The van der Waals surface area contributed by atoms with Gasteiger partial charge < -0.3 is 0 Å². The zero-order valence-corrected chi connectivity index (χ0v) is 8.72. The zero-order valence-electron chi connectivity index (χ0n) is 7.13. The summed E-state index contributed by atoms with van der Waals surface area (Å²) in [5, 5.41) is 10.5. The molecule has 0 fully saturated rings. The third-order valence-corrected chi connectivity index (χ3v) is 2.87. The van der Waals surface area contributed by atoms with Crippen LogP contribution in [0.3, 0.4) is 0 Å². The largest absolute Gasteiger partial charge is 0.273 e. The summed E-state index contributed by atoms with van der Waals surface area (Å²) in [6.45, 7) is 1.42. The van der Waals surface area contributed by atoms with Gasteiger partial charge in [-0.15, -0.1) is 0 Å². The molecule has 0 spiro atoms. The van der Waals surface area contributed by atoms with Crippen molar-refractivity contribution < 1.29 is 13.7 Å². The molecule has 0 aliphatic rings. The van der Waals surface area contributed by atoms with E-state index in [1.165, 1.54) is 6.92 Å². The number of rotatable bonds is 2. The highest BCUT2D eigenvalue weighted by Gasteiger charge is 2.19. The number of nitro groups is 1. The van der Waals surface area contributed by atoms with Gasteiger partial charge in [-0.2, -0.15) is 0 Å². The van der Waals surface area contributed by atoms with E-state index < -0.39 is 11.3 Å². The van der Waals surface area contributed by atoms with Gasteiger partial charge in [-0.05, 0) is 28.9 Å². The van der Waals surface area contributed by atoms with Crippen molar-refractivity contribution in [1.29, 1.82) is 0 Å². The van der Waals surface area contributed by atoms with Gasteiger partial charge in [-0.1, -0.05) is 0 Å². The number of nitro benzene ring substituents is 1. The molecular weight excluding hydrogens is 260 g/mol. The van der Waals surface area contributed by atoms with Crippen LogP contribution in [-0.4, -0.2) is 4.92 Å². The van der Waals surface area contributed by atoms with Crippen LogP contribution >= 0.6 is 15.9 Å². The zero-order chi connectivity index (χ0) is 10.9. The van der Waals surface area contributed by atoms with Crippen molar-refractivity contribution in [3.8, 4) is 0 Å². The summed E-state index contributed by atoms with van der Waals surface area (Å²) >= 11 is 2.92. The van der Waals surface area contributed by atoms with Crippen LogP contribution in [0.25, 0.3) is 0 Å². The lowest BCUT2D eigenvalue weighted by molar-refractivity contribution is -0.385. The minimum Gasteiger partial charge on any atom is -0.258 e. The van der Waals surface area contributed by atoms with Gasteiger partial charge >= 0.3 is 0 Å². The molecular formula is C8H6BrF2NO2. The van der Waals surface area contributed by atoms with Crippen LogP contribution in [0.5, 0.6) is 0 Å². The monoisotopic (exact) mass is 265 g/mol. The Morgan fingerprint density at radius 1 is 1.50 bits per heavy atom. The van der Waals surface area contributed by atoms with E-state index in [-0.39, 0.29) is 21.3 Å². The van der Waals surface area contributed by atoms with Crippen molar-refractivity contribution in [2.45, 2.75) is 13.3 Å². The third-order valence-electron chi connectivity index (χ3n) is 1.82. The Balaban J connectivity index is 3.33. The number of hydrogen-bond acceptors (Lipinski definition) is 2. The smallest absolute Gasteiger partial charge is 0.258 e. The molecule has 0 unspecified atom stereocenters. The lowest BCUT2D eigenvalue weighted by Crippen LogP contribution is -1.96. The minimum absolute atomic E-state index is 0.0988. The molecule has 3 nitrogen and oxygen atoms in total. The summed E-state index contributed by atoms with van der Waals surface area (Å²) in [6, 6.07) is 2.14. The highest BCUT2D eigenvalue weighted by molar-refractivity contribution is 9.10. The Labute approximate surface area is 87.0 Å². The van der Waals surface area contributed by atoms with Crippen molar-refractivity contribution >= 4 is 21.6 Å². The number of nitrogens with zero attached hydrogens (tertiary/aromatic N) is 1. The fourth-order valence-corrected chi connectivity index (χ4v) is 1.57. The predicted molar refractivity (Wildman–Crippen MR) is 50.5 cm³/mol. The second-order valence-corrected chi connectivity index (χ2v) is 3.46. The molecule has 0 saturated heterocycles. The predicted octanol–water partition coefficient (Wildman–Crippen LogP) is 3.60. The summed E-state index contributed by atoms with van der Waals surface area (Å²) in [7, 11) is 0. The van der Waals surface area contributed by atoms with Crippen LogP contribution in [0.15, 0.2) is 16.6 Å². The normalized spacial score (nSPS) is 10.6. The first-order valence-corrected chi connectivity index (χ1v) is 4.46. The maximum Gasteiger partial charge on any atom is 0.273 e. The Morgan fingerprint density at radius 2 is 2.07 bits per heavy atom. The lowest BCUT2D eigenvalue weighted by Gasteiger charge is -2.06. The van der Waals surface area contributed by atoms with Crippen molar-refractivity contribution in [1.82, 2.24) is 0 Å². The van der Waals surface area contributed by atoms with Gasteiger partial charge in [-0.25, -0.2) is 8.78 Å². The molecule has 0 atom stereocenters. The second kappa shape index (κ2) is 4.00. The van der Waals surface area contributed by atoms with Crippen LogP contribution in [-0.2, 0) is 0 Å². The molecule has 0 aromatic heterocycles. The topological polar surface area (TPSA) is 43.1 Å². The van der Waals surface area contributed by atoms with Crippen molar-refractivity contribution in [2.24, 2.45) is 0 Å². The first kappa shape index (κ1) is 11.0. The SMILES string of the molecule is Cc1c([N+](=O)[O-])ccc(C(F)F)c1Br. The molecule has 0 aliphatic carbocycles. The summed E-state index contributed by atoms with van der Waals surface area (Å²) in [4.78, 5) is 9.85. The van der Waals surface area contributed by atoms with Crippen molar-refractivity contribution in [2.75, 3.05) is 0 Å². The molecule has 76 valence electrons. The quantitative estimate of drug-likeness (QED) is 0.606. The first-order valence-electron chi connectivity index (χ1n) is 3.66. The Kier molecular flexibility index (Phi) is 3.15. The van der Waals surface area contributed by atoms with Gasteiger partial charge in [0.15, 0.2) is 0 Å². The fourth-order valence-electron chi connectivity index (χ4n) is 1.06. The number of benzene rings is 1. The second-order valence-electron chi connectivity index (χ2n) is 2.67. The van der Waals surface area contributed by atoms with E-state index in [4.69, 9.17) is 0 Å². The maximum absolute atomic E-state index is 12.3. The Morgan fingerprint density at radius 3 is 2.50 bits per heavy atom. The van der Waals surface area contributed by atoms with E-state index >= 15 is 0 Å². The highest BCUT2D eigenvalue weighted by Crippen LogP contribution is 2.34. The van der Waals surface area contributed by atoms with Gasteiger partial charge in [0.05, 0.1) is 4.92 Å². The Hall–Kier alpha value is -1.04. The van der Waals surface area contributed by atoms with Gasteiger partial charge in [-0.3, -0.25) is 10.1 Å². The molecule has 6 heteroatoms. The molecule has 0 N–H and O–H groups in total. The van der Waals surface area contributed by atoms with E-state index in [0.717, 1.165) is 12.1 Å². The van der Waals surface area contributed by atoms with Crippen LogP contribution in [0.1, 0.15) is 17.6 Å². The molecule has 0 saturated carbocycles. The number of alkyl halides is 2. The molecule has 1 aromatic carbocycles. The van der Waals surface area contributed by atoms with Crippen LogP contribution < -0.4 is 0 Å². The van der Waals surface area contributed by atoms with Crippen LogP contribution in [0.4, 0.5) is 14.5 Å². The summed E-state index contributed by atoms with van der Waals surface area (Å²) < 4.78 is 24.8. The minimum atomic E-state index is -2.64. The van der Waals surface area contributed by atoms with Crippen molar-refractivity contribution in [3.63, 3.8) is 0 Å². The van der Waals surface area contributed by atoms with E-state index in [0.29, 0.717) is 0 Å². The van der Waals surface area contributed by atoms with Crippen molar-refractivity contribution in [3.05, 3.63) is 37.8 Å². The molecule has 1 rings (SSSR count). The first-order chi connectivity index (χ1) is 6.45. The maximum atomic E-state index is 12.3. The number of halogens is 3. The van der Waals surface area contributed by atoms with Crippen LogP contribution in [0, 0.1) is 17.0 Å². The summed E-state index contributed by atoms with van der Waals surface area (Å²) in [5.74, 6) is 0. The third kappa shape index (κ3) is 1.89. The molecule has 0 bridgehead atoms. The number of hydrogen-bond donors (Lipinski definition) is 0. The molecule has 0 aliphatic heterocycles. The van der Waals surface area contributed by atoms with Gasteiger partial charge in [0.25, 0.3) is 12.1 Å². The average Bonchev–Trinajstić information content (AvgIpc) is 2.08. The van der Waals surface area contributed by atoms with Gasteiger partial charge in [0, 0.05) is 21.7 Å². The fraction of sp³-hybridized carbons (Fsp3) is 0.250.